The molecule has 0 aromatic heterocycles. The monoisotopic (exact) mass is 83.1 g/mol. The van der Waals surface area contributed by atoms with Crippen molar-refractivity contribution in [1.82, 2.24) is 0 Å². The molecule has 0 bridgehead atoms. The summed E-state index contributed by atoms with van der Waals surface area (Å²) in [7, 11) is 4.80. The molecule has 32 valence electrons. The van der Waals surface area contributed by atoms with E-state index in [0.717, 1.165) is 0 Å². The quantitative estimate of drug-likeness (QED) is 0.424. The van der Waals surface area contributed by atoms with E-state index in [9.17, 15) is 0 Å². The van der Waals surface area contributed by atoms with E-state index >= 15 is 0 Å². The summed E-state index contributed by atoms with van der Waals surface area (Å²) in [5.41, 5.74) is 0. The van der Waals surface area contributed by atoms with Gasteiger partial charge in [0.05, 0.1) is 0 Å². The Kier molecular flexibility index (Phi) is 3.04. The van der Waals surface area contributed by atoms with Crippen molar-refractivity contribution in [3.05, 3.63) is 0 Å². The maximum absolute atomic E-state index is 4.67. The first kappa shape index (κ1) is 5.89. The first-order chi connectivity index (χ1) is 2.81. The Bertz CT molecular complexity index is 48.8. The van der Waals surface area contributed by atoms with Crippen molar-refractivity contribution >= 4 is 14.7 Å². The topological polar surface area (TPSA) is 21.6 Å². The van der Waals surface area contributed by atoms with Gasteiger partial charge in [0.2, 0.25) is 0 Å². The van der Waals surface area contributed by atoms with Crippen LogP contribution in [0.5, 0.6) is 0 Å². The Morgan fingerprint density at radius 3 is 2.33 bits per heavy atom. The standard InChI is InChI=1S/C2H7B2NO/c1-4(5-3)6-2/h3H,1-2H3. The first-order valence-electron chi connectivity index (χ1n) is 1.80. The van der Waals surface area contributed by atoms with Gasteiger partial charge in [0.25, 0.3) is 0 Å². The van der Waals surface area contributed by atoms with Gasteiger partial charge in [0, 0.05) is 0 Å². The zero-order valence-electron chi connectivity index (χ0n) is 4.14. The van der Waals surface area contributed by atoms with Crippen molar-refractivity contribution in [2.24, 2.45) is 4.81 Å². The van der Waals surface area contributed by atoms with E-state index in [0.29, 0.717) is 0 Å². The average molecular weight is 82.7 g/mol. The Morgan fingerprint density at radius 2 is 2.33 bits per heavy atom. The second-order valence-corrected chi connectivity index (χ2v) is 1.02. The molecule has 0 rings (SSSR count). The second kappa shape index (κ2) is 3.09. The Balaban J connectivity index is 2.96. The predicted molar refractivity (Wildman–Crippen MR) is 28.2 cm³/mol. The van der Waals surface area contributed by atoms with Crippen LogP contribution in [0, 0.1) is 0 Å². The van der Waals surface area contributed by atoms with Gasteiger partial charge in [-0.25, -0.2) is 0 Å². The van der Waals surface area contributed by atoms with Crippen LogP contribution in [0.15, 0.2) is 4.81 Å². The van der Waals surface area contributed by atoms with Crippen LogP contribution in [0.2, 0.25) is 6.82 Å². The summed E-state index contributed by atoms with van der Waals surface area (Å²) in [6, 6.07) is 0. The fraction of sp³-hybridized carbons (Fsp3) is 1.00. The molecule has 0 N–H and O–H groups in total. The molecule has 0 aromatic carbocycles. The second-order valence-electron chi connectivity index (χ2n) is 1.02. The minimum atomic E-state index is -0.0509. The van der Waals surface area contributed by atoms with Gasteiger partial charge in [-0.15, -0.1) is 0 Å². The molecule has 0 unspecified atom stereocenters. The molecule has 0 atom stereocenters. The first-order valence-corrected chi connectivity index (χ1v) is 1.80. The molecule has 6 heavy (non-hydrogen) atoms. The van der Waals surface area contributed by atoms with E-state index in [-0.39, 0.29) is 7.05 Å². The van der Waals surface area contributed by atoms with Crippen molar-refractivity contribution < 1.29 is 4.65 Å². The third-order valence-electron chi connectivity index (χ3n) is 0.598. The van der Waals surface area contributed by atoms with E-state index in [1.54, 1.807) is 7.11 Å². The predicted octanol–water partition coefficient (Wildman–Crippen LogP) is -0.165. The molecule has 0 aliphatic carbocycles. The number of hydrogen-bond donors (Lipinski definition) is 0. The number of rotatable bonds is 2. The van der Waals surface area contributed by atoms with Crippen molar-refractivity contribution in [3.8, 4) is 0 Å². The molecule has 4 heteroatoms. The van der Waals surface area contributed by atoms with E-state index in [2.05, 4.69) is 17.1 Å². The summed E-state index contributed by atoms with van der Waals surface area (Å²) in [6.45, 7) is 1.83. The molecule has 0 aliphatic rings. The third kappa shape index (κ3) is 2.15. The molecule has 0 heterocycles. The van der Waals surface area contributed by atoms with E-state index in [1.807, 2.05) is 6.82 Å². The summed E-state index contributed by atoms with van der Waals surface area (Å²) in [5, 5.41) is 0. The van der Waals surface area contributed by atoms with Gasteiger partial charge in [-0.05, 0) is 0 Å². The number of hydrogen-bond acceptors (Lipinski definition) is 2. The van der Waals surface area contributed by atoms with Crippen LogP contribution in [-0.4, -0.2) is 21.8 Å². The summed E-state index contributed by atoms with van der Waals surface area (Å²) in [6.07, 6.45) is 0. The molecular formula is C2H7B2NO. The summed E-state index contributed by atoms with van der Waals surface area (Å²) in [5.74, 6) is 0. The molecular weight excluding hydrogens is 75.7 g/mol. The Hall–Kier alpha value is -0.110. The summed E-state index contributed by atoms with van der Waals surface area (Å²) >= 11 is 0. The van der Waals surface area contributed by atoms with Crippen LogP contribution < -0.4 is 0 Å². The molecule has 0 saturated carbocycles. The van der Waals surface area contributed by atoms with Gasteiger partial charge in [-0.3, -0.25) is 0 Å². The zero-order chi connectivity index (χ0) is 4.99. The third-order valence-corrected chi connectivity index (χ3v) is 0.598. The van der Waals surface area contributed by atoms with Crippen LogP contribution >= 0.6 is 0 Å². The number of nitrogens with zero attached hydrogens (tertiary/aromatic N) is 1. The maximum atomic E-state index is 4.67. The van der Waals surface area contributed by atoms with E-state index in [1.165, 1.54) is 0 Å². The van der Waals surface area contributed by atoms with Crippen LogP contribution in [0.4, 0.5) is 0 Å². The van der Waals surface area contributed by atoms with Crippen LogP contribution in [0.3, 0.4) is 0 Å². The summed E-state index contributed by atoms with van der Waals surface area (Å²) in [4.78, 5) is 3.53. The fourth-order valence-electron chi connectivity index (χ4n) is 0.0745. The SMILES string of the molecule is B=NB(C)OC. The van der Waals surface area contributed by atoms with Crippen LogP contribution in [-0.2, 0) is 4.65 Å². The molecule has 0 radical (unpaired) electrons. The van der Waals surface area contributed by atoms with Crippen LogP contribution in [0.1, 0.15) is 0 Å². The van der Waals surface area contributed by atoms with Crippen molar-refractivity contribution in [2.45, 2.75) is 6.82 Å². The van der Waals surface area contributed by atoms with Gasteiger partial charge in [-0.1, -0.05) is 0 Å². The Morgan fingerprint density at radius 1 is 1.83 bits per heavy atom. The molecule has 0 amide bonds. The normalized spacial score (nSPS) is 7.50. The van der Waals surface area contributed by atoms with Gasteiger partial charge in [-0.2, -0.15) is 0 Å². The van der Waals surface area contributed by atoms with Gasteiger partial charge >= 0.3 is 38.1 Å². The molecule has 0 fully saturated rings. The van der Waals surface area contributed by atoms with Gasteiger partial charge in [0.15, 0.2) is 0 Å². The van der Waals surface area contributed by atoms with E-state index < -0.39 is 0 Å². The van der Waals surface area contributed by atoms with Crippen molar-refractivity contribution in [3.63, 3.8) is 0 Å². The molecule has 0 spiro atoms. The molecule has 0 aromatic rings. The van der Waals surface area contributed by atoms with Crippen molar-refractivity contribution in [2.75, 3.05) is 7.11 Å². The Labute approximate surface area is 39.1 Å². The minimum absolute atomic E-state index is 0.0509. The molecule has 2 nitrogen and oxygen atoms in total. The van der Waals surface area contributed by atoms with Crippen LogP contribution in [0.25, 0.3) is 0 Å². The van der Waals surface area contributed by atoms with Gasteiger partial charge < -0.3 is 0 Å². The van der Waals surface area contributed by atoms with E-state index in [4.69, 9.17) is 0 Å². The fourth-order valence-corrected chi connectivity index (χ4v) is 0.0745. The molecule has 0 aliphatic heterocycles. The van der Waals surface area contributed by atoms with Gasteiger partial charge in [0.1, 0.15) is 0 Å². The average Bonchev–Trinajstić information content (AvgIpc) is 1.65. The van der Waals surface area contributed by atoms with Crippen molar-refractivity contribution in [1.29, 1.82) is 0 Å². The summed E-state index contributed by atoms with van der Waals surface area (Å²) < 4.78 is 4.67. The molecule has 0 saturated heterocycles. The zero-order valence-corrected chi connectivity index (χ0v) is 4.14.